The average molecular weight is 406 g/mol. The van der Waals surface area contributed by atoms with Crippen LogP contribution in [-0.4, -0.2) is 58.8 Å². The van der Waals surface area contributed by atoms with Crippen LogP contribution in [0.5, 0.6) is 0 Å². The van der Waals surface area contributed by atoms with Gasteiger partial charge in [0.2, 0.25) is 0 Å². The number of anilines is 2. The number of hydrogen-bond acceptors (Lipinski definition) is 6. The monoisotopic (exact) mass is 406 g/mol. The summed E-state index contributed by atoms with van der Waals surface area (Å²) < 4.78 is 1.35. The molecule has 156 valence electrons. The molecule has 0 spiro atoms. The van der Waals surface area contributed by atoms with E-state index in [4.69, 9.17) is 0 Å². The van der Waals surface area contributed by atoms with Crippen molar-refractivity contribution in [1.29, 1.82) is 0 Å². The standard InChI is InChI=1S/C22H26N6O2/c1-15(2)28-22(30)18-7-5-4-6-17(18)20(25-28)21(29)24-16-8-9-19(23-14-16)27-12-10-26(3)11-13-27/h4-9,14-15H,10-13H2,1-3H3,(H,24,29). The maximum Gasteiger partial charge on any atom is 0.276 e. The normalized spacial score (nSPS) is 15.0. The summed E-state index contributed by atoms with van der Waals surface area (Å²) >= 11 is 0. The minimum absolute atomic E-state index is 0.154. The van der Waals surface area contributed by atoms with Gasteiger partial charge in [-0.2, -0.15) is 5.10 Å². The number of carbonyl (C=O) groups is 1. The zero-order valence-corrected chi connectivity index (χ0v) is 17.5. The van der Waals surface area contributed by atoms with Gasteiger partial charge in [0.15, 0.2) is 5.69 Å². The second-order valence-corrected chi connectivity index (χ2v) is 7.89. The van der Waals surface area contributed by atoms with E-state index < -0.39 is 0 Å². The number of carbonyl (C=O) groups excluding carboxylic acids is 1. The molecule has 0 unspecified atom stereocenters. The Morgan fingerprint density at radius 3 is 2.37 bits per heavy atom. The van der Waals surface area contributed by atoms with E-state index in [0.717, 1.165) is 32.0 Å². The van der Waals surface area contributed by atoms with Crippen LogP contribution < -0.4 is 15.8 Å². The molecule has 1 N–H and O–H groups in total. The molecule has 30 heavy (non-hydrogen) atoms. The van der Waals surface area contributed by atoms with E-state index in [9.17, 15) is 9.59 Å². The van der Waals surface area contributed by atoms with Gasteiger partial charge in [0.1, 0.15) is 5.82 Å². The Morgan fingerprint density at radius 2 is 1.73 bits per heavy atom. The lowest BCUT2D eigenvalue weighted by Gasteiger charge is -2.33. The number of benzene rings is 1. The van der Waals surface area contributed by atoms with Crippen molar-refractivity contribution in [3.8, 4) is 0 Å². The van der Waals surface area contributed by atoms with Gasteiger partial charge < -0.3 is 15.1 Å². The molecule has 3 heterocycles. The molecule has 4 rings (SSSR count). The largest absolute Gasteiger partial charge is 0.354 e. The molecule has 1 aromatic carbocycles. The third-order valence-electron chi connectivity index (χ3n) is 5.37. The van der Waals surface area contributed by atoms with Crippen molar-refractivity contribution >= 4 is 28.2 Å². The van der Waals surface area contributed by atoms with E-state index in [1.165, 1.54) is 4.68 Å². The van der Waals surface area contributed by atoms with Crippen LogP contribution in [0.25, 0.3) is 10.8 Å². The Hall–Kier alpha value is -3.26. The van der Waals surface area contributed by atoms with Gasteiger partial charge in [-0.3, -0.25) is 9.59 Å². The van der Waals surface area contributed by atoms with E-state index >= 15 is 0 Å². The number of amides is 1. The fourth-order valence-electron chi connectivity index (χ4n) is 3.60. The van der Waals surface area contributed by atoms with E-state index in [0.29, 0.717) is 16.5 Å². The summed E-state index contributed by atoms with van der Waals surface area (Å²) in [6.45, 7) is 7.61. The van der Waals surface area contributed by atoms with Crippen molar-refractivity contribution in [2.24, 2.45) is 0 Å². The lowest BCUT2D eigenvalue weighted by atomic mass is 10.1. The first kappa shape index (κ1) is 20.0. The smallest absolute Gasteiger partial charge is 0.276 e. The Kier molecular flexibility index (Phi) is 5.50. The van der Waals surface area contributed by atoms with E-state index in [1.54, 1.807) is 30.5 Å². The first-order valence-electron chi connectivity index (χ1n) is 10.2. The second kappa shape index (κ2) is 8.23. The summed E-state index contributed by atoms with van der Waals surface area (Å²) in [5, 5.41) is 8.24. The molecule has 8 nitrogen and oxygen atoms in total. The summed E-state index contributed by atoms with van der Waals surface area (Å²) in [5.41, 5.74) is 0.614. The number of pyridine rings is 1. The number of likely N-dealkylation sites (N-methyl/N-ethyl adjacent to an activating group) is 1. The molecule has 1 aliphatic heterocycles. The Balaban J connectivity index is 1.59. The number of nitrogens with one attached hydrogen (secondary N) is 1. The summed E-state index contributed by atoms with van der Waals surface area (Å²) in [6.07, 6.45) is 1.66. The van der Waals surface area contributed by atoms with Gasteiger partial charge in [-0.05, 0) is 39.1 Å². The highest BCUT2D eigenvalue weighted by molar-refractivity contribution is 6.11. The molecule has 3 aromatic rings. The van der Waals surface area contributed by atoms with Gasteiger partial charge in [0, 0.05) is 31.6 Å². The summed E-state index contributed by atoms with van der Waals surface area (Å²) in [4.78, 5) is 34.7. The molecule has 1 saturated heterocycles. The fraction of sp³-hybridized carbons (Fsp3) is 0.364. The Bertz CT molecular complexity index is 1110. The number of aromatic nitrogens is 3. The number of hydrogen-bond donors (Lipinski definition) is 1. The van der Waals surface area contributed by atoms with Crippen LogP contribution in [-0.2, 0) is 0 Å². The molecule has 1 amide bonds. The quantitative estimate of drug-likeness (QED) is 0.716. The van der Waals surface area contributed by atoms with Crippen LogP contribution in [0.1, 0.15) is 30.4 Å². The highest BCUT2D eigenvalue weighted by Crippen LogP contribution is 2.19. The highest BCUT2D eigenvalue weighted by atomic mass is 16.2. The molecular weight excluding hydrogens is 380 g/mol. The van der Waals surface area contributed by atoms with Crippen molar-refractivity contribution in [2.75, 3.05) is 43.4 Å². The van der Waals surface area contributed by atoms with Gasteiger partial charge in [0.05, 0.1) is 23.3 Å². The highest BCUT2D eigenvalue weighted by Gasteiger charge is 2.19. The third kappa shape index (κ3) is 3.91. The molecule has 2 aromatic heterocycles. The van der Waals surface area contributed by atoms with Crippen LogP contribution >= 0.6 is 0 Å². The molecule has 0 bridgehead atoms. The molecule has 1 aliphatic rings. The zero-order valence-electron chi connectivity index (χ0n) is 17.5. The first-order valence-corrected chi connectivity index (χ1v) is 10.2. The van der Waals surface area contributed by atoms with Gasteiger partial charge in [0.25, 0.3) is 11.5 Å². The predicted octanol–water partition coefficient (Wildman–Crippen LogP) is 2.38. The van der Waals surface area contributed by atoms with Crippen molar-refractivity contribution in [3.63, 3.8) is 0 Å². The fourth-order valence-corrected chi connectivity index (χ4v) is 3.60. The lowest BCUT2D eigenvalue weighted by Crippen LogP contribution is -2.44. The predicted molar refractivity (Wildman–Crippen MR) is 118 cm³/mol. The molecule has 0 radical (unpaired) electrons. The van der Waals surface area contributed by atoms with Gasteiger partial charge >= 0.3 is 0 Å². The summed E-state index contributed by atoms with van der Waals surface area (Å²) in [5.74, 6) is 0.535. The van der Waals surface area contributed by atoms with Crippen LogP contribution in [0, 0.1) is 0 Å². The molecule has 0 aliphatic carbocycles. The minimum atomic E-state index is -0.366. The van der Waals surface area contributed by atoms with E-state index in [2.05, 4.69) is 32.2 Å². The van der Waals surface area contributed by atoms with E-state index in [1.807, 2.05) is 26.0 Å². The van der Waals surface area contributed by atoms with Crippen molar-refractivity contribution in [3.05, 3.63) is 58.6 Å². The molecule has 0 atom stereocenters. The maximum absolute atomic E-state index is 13.0. The Labute approximate surface area is 175 Å². The van der Waals surface area contributed by atoms with Gasteiger partial charge in [-0.25, -0.2) is 9.67 Å². The van der Waals surface area contributed by atoms with E-state index in [-0.39, 0.29) is 23.2 Å². The molecule has 0 saturated carbocycles. The molecule has 8 heteroatoms. The SMILES string of the molecule is CC(C)n1nc(C(=O)Nc2ccc(N3CCN(C)CC3)nc2)c2ccccc2c1=O. The second-order valence-electron chi connectivity index (χ2n) is 7.89. The van der Waals surface area contributed by atoms with Gasteiger partial charge in [-0.15, -0.1) is 0 Å². The van der Waals surface area contributed by atoms with Crippen LogP contribution in [0.3, 0.4) is 0 Å². The van der Waals surface area contributed by atoms with Crippen molar-refractivity contribution in [1.82, 2.24) is 19.7 Å². The average Bonchev–Trinajstić information content (AvgIpc) is 2.75. The van der Waals surface area contributed by atoms with Crippen molar-refractivity contribution in [2.45, 2.75) is 19.9 Å². The zero-order chi connectivity index (χ0) is 21.3. The van der Waals surface area contributed by atoms with Crippen LogP contribution in [0.15, 0.2) is 47.4 Å². The Morgan fingerprint density at radius 1 is 1.03 bits per heavy atom. The number of piperazine rings is 1. The topological polar surface area (TPSA) is 83.4 Å². The number of nitrogens with zero attached hydrogens (tertiary/aromatic N) is 5. The maximum atomic E-state index is 13.0. The lowest BCUT2D eigenvalue weighted by molar-refractivity contribution is 0.102. The number of fused-ring (bicyclic) bond motifs is 1. The first-order chi connectivity index (χ1) is 14.4. The summed E-state index contributed by atoms with van der Waals surface area (Å²) in [6, 6.07) is 10.7. The van der Waals surface area contributed by atoms with Gasteiger partial charge in [-0.1, -0.05) is 18.2 Å². The van der Waals surface area contributed by atoms with Crippen LogP contribution in [0.4, 0.5) is 11.5 Å². The molecule has 1 fully saturated rings. The molecular formula is C22H26N6O2. The number of rotatable bonds is 4. The minimum Gasteiger partial charge on any atom is -0.354 e. The summed E-state index contributed by atoms with van der Waals surface area (Å²) in [7, 11) is 2.11. The van der Waals surface area contributed by atoms with Crippen LogP contribution in [0.2, 0.25) is 0 Å². The third-order valence-corrected chi connectivity index (χ3v) is 5.37. The van der Waals surface area contributed by atoms with Crippen molar-refractivity contribution < 1.29 is 4.79 Å².